The zero-order chi connectivity index (χ0) is 27.5. The molecule has 3 aromatic carbocycles. The van der Waals surface area contributed by atoms with Gasteiger partial charge in [-0.1, -0.05) is 48.2 Å². The Hall–Kier alpha value is -3.43. The lowest BCUT2D eigenvalue weighted by Gasteiger charge is -2.52. The van der Waals surface area contributed by atoms with E-state index in [1.165, 1.54) is 23.1 Å². The van der Waals surface area contributed by atoms with Gasteiger partial charge in [-0.2, -0.15) is 0 Å². The summed E-state index contributed by atoms with van der Waals surface area (Å²) in [5.74, 6) is 0.346. The average Bonchev–Trinajstić information content (AvgIpc) is 3.39. The van der Waals surface area contributed by atoms with Gasteiger partial charge in [0.1, 0.15) is 23.7 Å². The zero-order valence-electron chi connectivity index (χ0n) is 22.2. The SMILES string of the molecule is O=C(O[C@H]1C[N+]2(CCCSc3nc4ccccc4o3)CCC1CC2)N(Cc1ccc(F)cc1)c1ccccc1F. The van der Waals surface area contributed by atoms with Crippen molar-refractivity contribution in [1.82, 2.24) is 4.98 Å². The molecular formula is C31H32F2N3O3S+. The number of thioether (sulfide) groups is 1. The van der Waals surface area contributed by atoms with Gasteiger partial charge in [0, 0.05) is 30.9 Å². The number of rotatable bonds is 9. The van der Waals surface area contributed by atoms with Gasteiger partial charge >= 0.3 is 6.09 Å². The van der Waals surface area contributed by atoms with Crippen LogP contribution in [0.3, 0.4) is 0 Å². The van der Waals surface area contributed by atoms with E-state index >= 15 is 0 Å². The molecule has 3 saturated heterocycles. The minimum atomic E-state index is -0.571. The number of carbonyl (C=O) groups is 1. The van der Waals surface area contributed by atoms with Crippen LogP contribution in [0.15, 0.2) is 82.4 Å². The smallest absolute Gasteiger partial charge is 0.415 e. The summed E-state index contributed by atoms with van der Waals surface area (Å²) in [5.41, 5.74) is 2.52. The van der Waals surface area contributed by atoms with E-state index in [9.17, 15) is 13.6 Å². The molecule has 1 atom stereocenters. The second-order valence-electron chi connectivity index (χ2n) is 10.8. The standard InChI is InChI=1S/C31H32F2N3O3S/c32-24-12-10-22(11-13-24)20-35(27-8-3-1-6-25(27)33)31(37)39-29-21-36(17-14-23(29)15-18-36)16-5-19-40-30-34-26-7-2-4-9-28(26)38-30/h1-4,6-13,23,29H,5,14-21H2/q+1/t23?,29-,36?/m0/s1. The number of fused-ring (bicyclic) bond motifs is 4. The van der Waals surface area contributed by atoms with E-state index in [1.54, 1.807) is 42.1 Å². The van der Waals surface area contributed by atoms with Crippen LogP contribution >= 0.6 is 11.8 Å². The third kappa shape index (κ3) is 5.86. The van der Waals surface area contributed by atoms with Crippen LogP contribution in [0.1, 0.15) is 24.8 Å². The predicted octanol–water partition coefficient (Wildman–Crippen LogP) is 7.04. The maximum absolute atomic E-state index is 14.8. The molecule has 4 heterocycles. The van der Waals surface area contributed by atoms with Crippen molar-refractivity contribution in [3.63, 3.8) is 0 Å². The second kappa shape index (κ2) is 11.6. The third-order valence-electron chi connectivity index (χ3n) is 8.19. The van der Waals surface area contributed by atoms with Gasteiger partial charge in [-0.15, -0.1) is 0 Å². The first-order valence-corrected chi connectivity index (χ1v) is 14.8. The van der Waals surface area contributed by atoms with E-state index in [4.69, 9.17) is 9.15 Å². The maximum atomic E-state index is 14.8. The number of para-hydroxylation sites is 3. The van der Waals surface area contributed by atoms with Crippen molar-refractivity contribution in [3.8, 4) is 0 Å². The Labute approximate surface area is 236 Å². The quantitative estimate of drug-likeness (QED) is 0.124. The van der Waals surface area contributed by atoms with E-state index in [0.29, 0.717) is 16.7 Å². The Morgan fingerprint density at radius 1 is 1.02 bits per heavy atom. The van der Waals surface area contributed by atoms with Gasteiger partial charge in [0.2, 0.25) is 0 Å². The molecule has 1 aromatic heterocycles. The molecule has 4 aromatic rings. The average molecular weight is 565 g/mol. The van der Waals surface area contributed by atoms with Crippen molar-refractivity contribution in [1.29, 1.82) is 0 Å². The fraction of sp³-hybridized carbons (Fsp3) is 0.355. The molecule has 1 amide bonds. The van der Waals surface area contributed by atoms with Crippen LogP contribution < -0.4 is 4.90 Å². The number of benzene rings is 3. The number of carbonyl (C=O) groups excluding carboxylic acids is 1. The first kappa shape index (κ1) is 26.8. The summed E-state index contributed by atoms with van der Waals surface area (Å²) in [6.45, 7) is 4.02. The number of aromatic nitrogens is 1. The number of amides is 1. The molecule has 2 bridgehead atoms. The topological polar surface area (TPSA) is 55.6 Å². The first-order chi connectivity index (χ1) is 19.5. The van der Waals surface area contributed by atoms with Gasteiger partial charge in [0.15, 0.2) is 11.7 Å². The van der Waals surface area contributed by atoms with Crippen molar-refractivity contribution < 1.29 is 27.2 Å². The summed E-state index contributed by atoms with van der Waals surface area (Å²) in [4.78, 5) is 19.4. The normalized spacial score (nSPS) is 21.9. The number of halogens is 2. The van der Waals surface area contributed by atoms with Crippen molar-refractivity contribution in [3.05, 3.63) is 90.0 Å². The van der Waals surface area contributed by atoms with E-state index in [0.717, 1.165) is 66.8 Å². The van der Waals surface area contributed by atoms with Crippen molar-refractivity contribution >= 4 is 34.6 Å². The van der Waals surface area contributed by atoms with Gasteiger partial charge < -0.3 is 13.6 Å². The largest absolute Gasteiger partial charge is 0.440 e. The summed E-state index contributed by atoms with van der Waals surface area (Å²) < 4.78 is 41.1. The molecule has 9 heteroatoms. The number of hydrogen-bond acceptors (Lipinski definition) is 5. The fourth-order valence-corrected chi connectivity index (χ4v) is 6.79. The summed E-state index contributed by atoms with van der Waals surface area (Å²) >= 11 is 1.63. The van der Waals surface area contributed by atoms with Gasteiger partial charge in [-0.25, -0.2) is 18.6 Å². The van der Waals surface area contributed by atoms with E-state index < -0.39 is 11.9 Å². The molecule has 0 spiro atoms. The highest BCUT2D eigenvalue weighted by atomic mass is 32.2. The van der Waals surface area contributed by atoms with Crippen LogP contribution in [0.25, 0.3) is 11.1 Å². The molecule has 40 heavy (non-hydrogen) atoms. The van der Waals surface area contributed by atoms with Crippen LogP contribution in [0.4, 0.5) is 19.3 Å². The highest BCUT2D eigenvalue weighted by Gasteiger charge is 2.47. The van der Waals surface area contributed by atoms with E-state index in [2.05, 4.69) is 4.98 Å². The predicted molar refractivity (Wildman–Crippen MR) is 151 cm³/mol. The molecule has 0 aliphatic carbocycles. The van der Waals surface area contributed by atoms with Gasteiger partial charge in [-0.3, -0.25) is 4.90 Å². The molecule has 208 valence electrons. The van der Waals surface area contributed by atoms with Crippen molar-refractivity contribution in [2.75, 3.05) is 36.8 Å². The number of quaternary nitrogens is 1. The van der Waals surface area contributed by atoms with Crippen LogP contribution in [-0.2, 0) is 11.3 Å². The molecule has 3 aliphatic heterocycles. The Morgan fingerprint density at radius 2 is 1.77 bits per heavy atom. The summed E-state index contributed by atoms with van der Waals surface area (Å²) in [5, 5.41) is 0.694. The lowest BCUT2D eigenvalue weighted by molar-refractivity contribution is -0.946. The molecule has 3 aliphatic rings. The van der Waals surface area contributed by atoms with Crippen LogP contribution in [0, 0.1) is 17.6 Å². The number of anilines is 1. The Kier molecular flexibility index (Phi) is 7.76. The lowest BCUT2D eigenvalue weighted by atomic mass is 9.83. The van der Waals surface area contributed by atoms with Crippen LogP contribution in [0.5, 0.6) is 0 Å². The van der Waals surface area contributed by atoms with E-state index in [1.807, 2.05) is 24.3 Å². The van der Waals surface area contributed by atoms with E-state index in [-0.39, 0.29) is 24.2 Å². The van der Waals surface area contributed by atoms with Crippen LogP contribution in [0.2, 0.25) is 0 Å². The van der Waals surface area contributed by atoms with Gasteiger partial charge in [-0.05, 0) is 42.0 Å². The Balaban J connectivity index is 1.09. The number of ether oxygens (including phenoxy) is 1. The Morgan fingerprint density at radius 3 is 2.55 bits per heavy atom. The molecule has 6 nitrogen and oxygen atoms in total. The Bertz CT molecular complexity index is 1440. The zero-order valence-corrected chi connectivity index (χ0v) is 23.0. The second-order valence-corrected chi connectivity index (χ2v) is 11.8. The highest BCUT2D eigenvalue weighted by molar-refractivity contribution is 7.99. The van der Waals surface area contributed by atoms with Crippen LogP contribution in [-0.4, -0.2) is 53.6 Å². The van der Waals surface area contributed by atoms with Crippen molar-refractivity contribution in [2.24, 2.45) is 5.92 Å². The molecule has 0 N–H and O–H groups in total. The number of hydrogen-bond donors (Lipinski definition) is 0. The first-order valence-electron chi connectivity index (χ1n) is 13.8. The lowest BCUT2D eigenvalue weighted by Crippen LogP contribution is -2.65. The summed E-state index contributed by atoms with van der Waals surface area (Å²) in [7, 11) is 0. The van der Waals surface area contributed by atoms with Gasteiger partial charge in [0.05, 0.1) is 31.9 Å². The minimum Gasteiger partial charge on any atom is -0.440 e. The van der Waals surface area contributed by atoms with Gasteiger partial charge in [0.25, 0.3) is 5.22 Å². The summed E-state index contributed by atoms with van der Waals surface area (Å²) in [6, 6.07) is 19.8. The fourth-order valence-electron chi connectivity index (χ4n) is 6.03. The number of nitrogens with zero attached hydrogens (tertiary/aromatic N) is 3. The molecule has 0 saturated carbocycles. The van der Waals surface area contributed by atoms with Crippen molar-refractivity contribution in [2.45, 2.75) is 37.1 Å². The monoisotopic (exact) mass is 564 g/mol. The minimum absolute atomic E-state index is 0.0878. The molecular weight excluding hydrogens is 532 g/mol. The maximum Gasteiger partial charge on any atom is 0.415 e. The number of piperidine rings is 3. The number of oxazole rings is 1. The highest BCUT2D eigenvalue weighted by Crippen LogP contribution is 2.37. The summed E-state index contributed by atoms with van der Waals surface area (Å²) in [6.07, 6.45) is 2.22. The molecule has 3 fully saturated rings. The molecule has 0 unspecified atom stereocenters. The third-order valence-corrected chi connectivity index (χ3v) is 9.10. The molecule has 7 rings (SSSR count). The molecule has 0 radical (unpaired) electrons.